The second-order valence-electron chi connectivity index (χ2n) is 5.44. The number of anilines is 2. The largest absolute Gasteiger partial charge is 0.370 e. The first-order valence-corrected chi connectivity index (χ1v) is 7.76. The highest BCUT2D eigenvalue weighted by Crippen LogP contribution is 2.21. The van der Waals surface area contributed by atoms with Crippen LogP contribution in [0.25, 0.3) is 0 Å². The van der Waals surface area contributed by atoms with Crippen molar-refractivity contribution < 1.29 is 4.79 Å². The molecule has 0 saturated carbocycles. The van der Waals surface area contributed by atoms with Crippen LogP contribution in [0.15, 0.2) is 6.07 Å². The summed E-state index contributed by atoms with van der Waals surface area (Å²) in [5.41, 5.74) is 0. The fourth-order valence-corrected chi connectivity index (χ4v) is 2.52. The van der Waals surface area contributed by atoms with E-state index in [2.05, 4.69) is 39.3 Å². The summed E-state index contributed by atoms with van der Waals surface area (Å²) < 4.78 is 0. The summed E-state index contributed by atoms with van der Waals surface area (Å²) in [6.45, 7) is 8.40. The molecule has 116 valence electrons. The van der Waals surface area contributed by atoms with Gasteiger partial charge < -0.3 is 15.5 Å². The third-order valence-electron chi connectivity index (χ3n) is 3.55. The van der Waals surface area contributed by atoms with Gasteiger partial charge in [0, 0.05) is 45.1 Å². The molecule has 2 N–H and O–H groups in total. The molecule has 1 aromatic rings. The van der Waals surface area contributed by atoms with E-state index in [1.54, 1.807) is 6.92 Å². The zero-order valence-corrected chi connectivity index (χ0v) is 13.1. The monoisotopic (exact) mass is 291 g/mol. The van der Waals surface area contributed by atoms with Crippen molar-refractivity contribution in [2.45, 2.75) is 46.1 Å². The number of aryl methyl sites for hydroxylation is 1. The van der Waals surface area contributed by atoms with Crippen LogP contribution in [0.3, 0.4) is 0 Å². The SMILES string of the molecule is CCCNc1cc(N2CCC(NC(C)=O)C2)nc(CC)n1. The Morgan fingerprint density at radius 3 is 2.90 bits per heavy atom. The molecule has 2 heterocycles. The number of rotatable bonds is 6. The van der Waals surface area contributed by atoms with E-state index in [9.17, 15) is 4.79 Å². The van der Waals surface area contributed by atoms with Crippen LogP contribution in [-0.2, 0) is 11.2 Å². The van der Waals surface area contributed by atoms with Crippen LogP contribution in [0.4, 0.5) is 11.6 Å². The third-order valence-corrected chi connectivity index (χ3v) is 3.55. The van der Waals surface area contributed by atoms with E-state index < -0.39 is 0 Å². The summed E-state index contributed by atoms with van der Waals surface area (Å²) in [7, 11) is 0. The van der Waals surface area contributed by atoms with Crippen LogP contribution in [0.5, 0.6) is 0 Å². The average molecular weight is 291 g/mol. The number of hydrogen-bond donors (Lipinski definition) is 2. The van der Waals surface area contributed by atoms with Crippen molar-refractivity contribution in [2.75, 3.05) is 29.9 Å². The Labute approximate surface area is 126 Å². The second-order valence-corrected chi connectivity index (χ2v) is 5.44. The minimum Gasteiger partial charge on any atom is -0.370 e. The van der Waals surface area contributed by atoms with Crippen LogP contribution in [0, 0.1) is 0 Å². The minimum atomic E-state index is 0.0316. The van der Waals surface area contributed by atoms with Gasteiger partial charge in [-0.3, -0.25) is 4.79 Å². The van der Waals surface area contributed by atoms with Gasteiger partial charge in [0.25, 0.3) is 0 Å². The van der Waals surface area contributed by atoms with Gasteiger partial charge in [0.1, 0.15) is 17.5 Å². The maximum atomic E-state index is 11.2. The van der Waals surface area contributed by atoms with Crippen molar-refractivity contribution in [1.82, 2.24) is 15.3 Å². The first-order valence-electron chi connectivity index (χ1n) is 7.76. The standard InChI is InChI=1S/C15H25N5O/c1-4-7-16-14-9-15(19-13(5-2)18-14)20-8-6-12(10-20)17-11(3)21/h9,12H,4-8,10H2,1-3H3,(H,17,21)(H,16,18,19). The topological polar surface area (TPSA) is 70.2 Å². The number of carbonyl (C=O) groups is 1. The van der Waals surface area contributed by atoms with E-state index in [0.29, 0.717) is 0 Å². The minimum absolute atomic E-state index is 0.0316. The summed E-state index contributed by atoms with van der Waals surface area (Å²) in [4.78, 5) is 22.5. The molecule has 1 aliphatic heterocycles. The number of amides is 1. The third kappa shape index (κ3) is 4.31. The molecule has 0 aliphatic carbocycles. The number of carbonyl (C=O) groups excluding carboxylic acids is 1. The van der Waals surface area contributed by atoms with Crippen molar-refractivity contribution in [3.63, 3.8) is 0 Å². The van der Waals surface area contributed by atoms with Gasteiger partial charge in [-0.05, 0) is 12.8 Å². The Bertz CT molecular complexity index is 491. The fourth-order valence-electron chi connectivity index (χ4n) is 2.52. The van der Waals surface area contributed by atoms with Gasteiger partial charge in [-0.25, -0.2) is 9.97 Å². The van der Waals surface area contributed by atoms with Gasteiger partial charge in [-0.1, -0.05) is 13.8 Å². The molecule has 21 heavy (non-hydrogen) atoms. The summed E-state index contributed by atoms with van der Waals surface area (Å²) in [6.07, 6.45) is 2.84. The van der Waals surface area contributed by atoms with E-state index in [1.165, 1.54) is 0 Å². The van der Waals surface area contributed by atoms with E-state index in [-0.39, 0.29) is 11.9 Å². The molecule has 1 saturated heterocycles. The van der Waals surface area contributed by atoms with Crippen LogP contribution < -0.4 is 15.5 Å². The van der Waals surface area contributed by atoms with E-state index >= 15 is 0 Å². The van der Waals surface area contributed by atoms with Crippen molar-refractivity contribution in [3.05, 3.63) is 11.9 Å². The first-order chi connectivity index (χ1) is 10.1. The zero-order valence-electron chi connectivity index (χ0n) is 13.1. The lowest BCUT2D eigenvalue weighted by atomic mass is 10.2. The molecule has 2 rings (SSSR count). The van der Waals surface area contributed by atoms with Crippen molar-refractivity contribution in [1.29, 1.82) is 0 Å². The first kappa shape index (κ1) is 15.5. The Morgan fingerprint density at radius 2 is 2.24 bits per heavy atom. The highest BCUT2D eigenvalue weighted by molar-refractivity contribution is 5.73. The quantitative estimate of drug-likeness (QED) is 0.832. The summed E-state index contributed by atoms with van der Waals surface area (Å²) in [6, 6.07) is 2.22. The molecule has 1 aliphatic rings. The van der Waals surface area contributed by atoms with Gasteiger partial charge >= 0.3 is 0 Å². The van der Waals surface area contributed by atoms with Gasteiger partial charge in [-0.2, -0.15) is 0 Å². The zero-order chi connectivity index (χ0) is 15.2. The molecule has 0 radical (unpaired) electrons. The van der Waals surface area contributed by atoms with Gasteiger partial charge in [0.15, 0.2) is 0 Å². The fraction of sp³-hybridized carbons (Fsp3) is 0.667. The molecule has 0 bridgehead atoms. The predicted molar refractivity (Wildman–Crippen MR) is 84.6 cm³/mol. The maximum Gasteiger partial charge on any atom is 0.217 e. The molecule has 1 fully saturated rings. The molecule has 6 heteroatoms. The average Bonchev–Trinajstić information content (AvgIpc) is 2.92. The summed E-state index contributed by atoms with van der Waals surface area (Å²) >= 11 is 0. The van der Waals surface area contributed by atoms with Crippen molar-refractivity contribution in [3.8, 4) is 0 Å². The molecular weight excluding hydrogens is 266 g/mol. The molecule has 1 atom stereocenters. The maximum absolute atomic E-state index is 11.2. The highest BCUT2D eigenvalue weighted by Gasteiger charge is 2.24. The van der Waals surface area contributed by atoms with Gasteiger partial charge in [0.05, 0.1) is 0 Å². The van der Waals surface area contributed by atoms with Crippen molar-refractivity contribution in [2.24, 2.45) is 0 Å². The Kier molecular flexibility index (Phi) is 5.36. The van der Waals surface area contributed by atoms with Crippen LogP contribution in [0.2, 0.25) is 0 Å². The molecule has 1 unspecified atom stereocenters. The van der Waals surface area contributed by atoms with Crippen LogP contribution in [0.1, 0.15) is 39.4 Å². The molecule has 6 nitrogen and oxygen atoms in total. The van der Waals surface area contributed by atoms with Crippen molar-refractivity contribution >= 4 is 17.5 Å². The highest BCUT2D eigenvalue weighted by atomic mass is 16.1. The predicted octanol–water partition coefficient (Wildman–Crippen LogP) is 1.58. The van der Waals surface area contributed by atoms with E-state index in [4.69, 9.17) is 0 Å². The summed E-state index contributed by atoms with van der Waals surface area (Å²) in [5, 5.41) is 6.31. The molecule has 0 spiro atoms. The van der Waals surface area contributed by atoms with Crippen LogP contribution in [-0.4, -0.2) is 41.6 Å². The molecular formula is C15H25N5O. The Balaban J connectivity index is 2.10. The van der Waals surface area contributed by atoms with E-state index in [1.807, 2.05) is 6.07 Å². The lowest BCUT2D eigenvalue weighted by molar-refractivity contribution is -0.119. The normalized spacial score (nSPS) is 17.9. The Hall–Kier alpha value is -1.85. The Morgan fingerprint density at radius 1 is 1.43 bits per heavy atom. The molecule has 0 aromatic carbocycles. The lowest BCUT2D eigenvalue weighted by Crippen LogP contribution is -2.35. The molecule has 1 amide bonds. The lowest BCUT2D eigenvalue weighted by Gasteiger charge is -2.19. The second kappa shape index (κ2) is 7.24. The number of hydrogen-bond acceptors (Lipinski definition) is 5. The van der Waals surface area contributed by atoms with Crippen LogP contribution >= 0.6 is 0 Å². The molecule has 1 aromatic heterocycles. The smallest absolute Gasteiger partial charge is 0.217 e. The van der Waals surface area contributed by atoms with Gasteiger partial charge in [-0.15, -0.1) is 0 Å². The number of nitrogens with zero attached hydrogens (tertiary/aromatic N) is 3. The number of nitrogens with one attached hydrogen (secondary N) is 2. The summed E-state index contributed by atoms with van der Waals surface area (Å²) in [5.74, 6) is 2.73. The van der Waals surface area contributed by atoms with Gasteiger partial charge in [0.2, 0.25) is 5.91 Å². The number of aromatic nitrogens is 2. The van der Waals surface area contributed by atoms with E-state index in [0.717, 1.165) is 56.4 Å².